The minimum Gasteiger partial charge on any atom is -0.497 e. The number of hydrogen-bond acceptors (Lipinski definition) is 6. The molecule has 142 valence electrons. The van der Waals surface area contributed by atoms with Gasteiger partial charge in [-0.05, 0) is 37.3 Å². The number of anilines is 1. The number of aromatic nitrogens is 1. The molecule has 27 heavy (non-hydrogen) atoms. The van der Waals surface area contributed by atoms with Gasteiger partial charge >= 0.3 is 5.97 Å². The molecule has 0 aliphatic carbocycles. The third kappa shape index (κ3) is 4.99. The molecule has 0 fully saturated rings. The Labute approximate surface area is 167 Å². The smallest absolute Gasteiger partial charge is 0.343 e. The molecule has 0 aliphatic rings. The van der Waals surface area contributed by atoms with Crippen LogP contribution >= 0.6 is 23.2 Å². The van der Waals surface area contributed by atoms with E-state index in [1.54, 1.807) is 50.2 Å². The van der Waals surface area contributed by atoms with Crippen LogP contribution in [0.4, 0.5) is 5.69 Å². The van der Waals surface area contributed by atoms with Crippen LogP contribution in [0.5, 0.6) is 5.75 Å². The van der Waals surface area contributed by atoms with E-state index in [1.165, 1.54) is 18.5 Å². The molecule has 0 unspecified atom stereocenters. The molecule has 0 saturated heterocycles. The number of ether oxygens (including phenoxy) is 2. The largest absolute Gasteiger partial charge is 0.497 e. The Balaban J connectivity index is 2.43. The summed E-state index contributed by atoms with van der Waals surface area (Å²) in [5.41, 5.74) is 0.397. The fraction of sp³-hybridized carbons (Fsp3) is 0.211. The Morgan fingerprint density at radius 3 is 2.44 bits per heavy atom. The summed E-state index contributed by atoms with van der Waals surface area (Å²) in [5.74, 6) is -0.769. The minimum atomic E-state index is -0.777. The highest BCUT2D eigenvalue weighted by atomic mass is 35.5. The van der Waals surface area contributed by atoms with E-state index in [0.29, 0.717) is 5.75 Å². The summed E-state index contributed by atoms with van der Waals surface area (Å²) >= 11 is 12.0. The van der Waals surface area contributed by atoms with Crippen LogP contribution in [-0.4, -0.2) is 37.5 Å². The van der Waals surface area contributed by atoms with Crippen LogP contribution in [0.15, 0.2) is 48.3 Å². The first-order valence-corrected chi connectivity index (χ1v) is 8.75. The normalized spacial score (nSPS) is 11.1. The summed E-state index contributed by atoms with van der Waals surface area (Å²) in [5, 5.41) is 0.146. The summed E-state index contributed by atoms with van der Waals surface area (Å²) in [6, 6.07) is 8.56. The molecular weight excluding hydrogens is 391 g/mol. The Morgan fingerprint density at radius 2 is 1.85 bits per heavy atom. The lowest BCUT2D eigenvalue weighted by molar-refractivity contribution is -0.138. The predicted octanol–water partition coefficient (Wildman–Crippen LogP) is 4.16. The maximum absolute atomic E-state index is 12.9. The second-order valence-electron chi connectivity index (χ2n) is 5.36. The fourth-order valence-electron chi connectivity index (χ4n) is 2.20. The van der Waals surface area contributed by atoms with Gasteiger partial charge in [0.05, 0.1) is 23.8 Å². The lowest BCUT2D eigenvalue weighted by Crippen LogP contribution is -2.21. The quantitative estimate of drug-likeness (QED) is 0.225. The summed E-state index contributed by atoms with van der Waals surface area (Å²) in [6.07, 6.45) is 2.72. The van der Waals surface area contributed by atoms with Gasteiger partial charge in [0.15, 0.2) is 0 Å². The number of methoxy groups -OCH3 is 1. The highest BCUT2D eigenvalue weighted by Gasteiger charge is 2.26. The van der Waals surface area contributed by atoms with E-state index in [-0.39, 0.29) is 27.9 Å². The van der Waals surface area contributed by atoms with Crippen molar-refractivity contribution < 1.29 is 19.1 Å². The summed E-state index contributed by atoms with van der Waals surface area (Å²) in [4.78, 5) is 30.8. The number of hydrogen-bond donors (Lipinski definition) is 0. The fourth-order valence-corrected chi connectivity index (χ4v) is 2.55. The standard InChI is InChI=1S/C19H18Cl2N2O4/c1-4-27-19(25)14(18(24)17-16(21)15(20)9-10-22-17)11-23(2)12-5-7-13(26-3)8-6-12/h5-11H,4H2,1-3H3. The van der Waals surface area contributed by atoms with Crippen LogP contribution in [0.1, 0.15) is 17.4 Å². The molecule has 0 bridgehead atoms. The first-order valence-electron chi connectivity index (χ1n) is 7.99. The zero-order valence-corrected chi connectivity index (χ0v) is 16.5. The molecule has 1 heterocycles. The molecule has 0 amide bonds. The SMILES string of the molecule is CCOC(=O)C(=CN(C)c1ccc(OC)cc1)C(=O)c1nccc(Cl)c1Cl. The topological polar surface area (TPSA) is 68.7 Å². The van der Waals surface area contributed by atoms with Crippen molar-refractivity contribution in [2.24, 2.45) is 0 Å². The van der Waals surface area contributed by atoms with E-state index >= 15 is 0 Å². The van der Waals surface area contributed by atoms with E-state index in [4.69, 9.17) is 32.7 Å². The van der Waals surface area contributed by atoms with Gasteiger partial charge in [-0.15, -0.1) is 0 Å². The molecule has 0 saturated carbocycles. The molecular formula is C19H18Cl2N2O4. The van der Waals surface area contributed by atoms with Crippen molar-refractivity contribution in [2.45, 2.75) is 6.92 Å². The highest BCUT2D eigenvalue weighted by Crippen LogP contribution is 2.26. The second kappa shape index (κ2) is 9.39. The van der Waals surface area contributed by atoms with E-state index in [9.17, 15) is 9.59 Å². The minimum absolute atomic E-state index is 0.0218. The molecule has 0 N–H and O–H groups in total. The van der Waals surface area contributed by atoms with Gasteiger partial charge in [0, 0.05) is 25.1 Å². The third-order valence-electron chi connectivity index (χ3n) is 3.60. The zero-order valence-electron chi connectivity index (χ0n) is 15.0. The average Bonchev–Trinajstić information content (AvgIpc) is 2.67. The Bertz CT molecular complexity index is 867. The van der Waals surface area contributed by atoms with Gasteiger partial charge in [-0.3, -0.25) is 9.78 Å². The van der Waals surface area contributed by atoms with Gasteiger partial charge in [-0.2, -0.15) is 0 Å². The van der Waals surface area contributed by atoms with E-state index < -0.39 is 11.8 Å². The molecule has 1 aromatic heterocycles. The van der Waals surface area contributed by atoms with E-state index in [1.807, 2.05) is 0 Å². The monoisotopic (exact) mass is 408 g/mol. The number of esters is 1. The Kier molecular flexibility index (Phi) is 7.21. The van der Waals surface area contributed by atoms with Crippen LogP contribution in [0.25, 0.3) is 0 Å². The van der Waals surface area contributed by atoms with Gasteiger partial charge in [0.1, 0.15) is 17.0 Å². The highest BCUT2D eigenvalue weighted by molar-refractivity contribution is 6.44. The van der Waals surface area contributed by atoms with Crippen LogP contribution in [0.3, 0.4) is 0 Å². The maximum Gasteiger partial charge on any atom is 0.343 e. The Morgan fingerprint density at radius 1 is 1.19 bits per heavy atom. The van der Waals surface area contributed by atoms with Crippen molar-refractivity contribution in [3.8, 4) is 5.75 Å². The summed E-state index contributed by atoms with van der Waals surface area (Å²) in [6.45, 7) is 1.77. The number of Topliss-reactive ketones (excluding diaryl/α,β-unsaturated/α-hetero) is 1. The summed E-state index contributed by atoms with van der Waals surface area (Å²) in [7, 11) is 3.26. The molecule has 2 aromatic rings. The zero-order chi connectivity index (χ0) is 20.0. The number of carbonyl (C=O) groups excluding carboxylic acids is 2. The van der Waals surface area contributed by atoms with Gasteiger partial charge in [0.2, 0.25) is 5.78 Å². The molecule has 2 rings (SSSR count). The molecule has 0 aliphatic heterocycles. The number of ketones is 1. The number of halogens is 2. The lowest BCUT2D eigenvalue weighted by atomic mass is 10.1. The number of rotatable bonds is 7. The van der Waals surface area contributed by atoms with Crippen LogP contribution in [0.2, 0.25) is 10.0 Å². The molecule has 0 atom stereocenters. The van der Waals surface area contributed by atoms with E-state index in [2.05, 4.69) is 4.98 Å². The molecule has 0 spiro atoms. The number of carbonyl (C=O) groups is 2. The second-order valence-corrected chi connectivity index (χ2v) is 6.14. The van der Waals surface area contributed by atoms with Gasteiger partial charge in [-0.25, -0.2) is 4.79 Å². The third-order valence-corrected chi connectivity index (χ3v) is 4.39. The van der Waals surface area contributed by atoms with Gasteiger partial charge in [-0.1, -0.05) is 23.2 Å². The van der Waals surface area contributed by atoms with Crippen molar-refractivity contribution in [2.75, 3.05) is 25.7 Å². The van der Waals surface area contributed by atoms with E-state index in [0.717, 1.165) is 5.69 Å². The molecule has 1 aromatic carbocycles. The number of pyridine rings is 1. The van der Waals surface area contributed by atoms with Crippen molar-refractivity contribution in [1.82, 2.24) is 4.98 Å². The number of benzene rings is 1. The molecule has 6 nitrogen and oxygen atoms in total. The van der Waals surface area contributed by atoms with Crippen LogP contribution in [-0.2, 0) is 9.53 Å². The van der Waals surface area contributed by atoms with Crippen LogP contribution < -0.4 is 9.64 Å². The lowest BCUT2D eigenvalue weighted by Gasteiger charge is -2.17. The Hall–Kier alpha value is -2.57. The van der Waals surface area contributed by atoms with Crippen LogP contribution in [0, 0.1) is 0 Å². The molecule has 8 heteroatoms. The van der Waals surface area contributed by atoms with Crippen molar-refractivity contribution in [1.29, 1.82) is 0 Å². The van der Waals surface area contributed by atoms with Crippen molar-refractivity contribution >= 4 is 40.6 Å². The summed E-state index contributed by atoms with van der Waals surface area (Å²) < 4.78 is 10.1. The first-order chi connectivity index (χ1) is 12.9. The average molecular weight is 409 g/mol. The predicted molar refractivity (Wildman–Crippen MR) is 105 cm³/mol. The van der Waals surface area contributed by atoms with Crippen molar-refractivity contribution in [3.63, 3.8) is 0 Å². The van der Waals surface area contributed by atoms with Gasteiger partial charge < -0.3 is 14.4 Å². The van der Waals surface area contributed by atoms with Crippen molar-refractivity contribution in [3.05, 3.63) is 64.0 Å². The maximum atomic E-state index is 12.9. The number of nitrogens with zero attached hydrogens (tertiary/aromatic N) is 2. The first kappa shape index (κ1) is 20.7. The van der Waals surface area contributed by atoms with Gasteiger partial charge in [0.25, 0.3) is 0 Å². The molecule has 0 radical (unpaired) electrons.